The van der Waals surface area contributed by atoms with E-state index in [0.717, 1.165) is 27.7 Å². The zero-order valence-electron chi connectivity index (χ0n) is 11.9. The van der Waals surface area contributed by atoms with Gasteiger partial charge in [0.2, 0.25) is 0 Å². The second-order valence-corrected chi connectivity index (χ2v) is 8.76. The Balaban J connectivity index is 2.47. The Morgan fingerprint density at radius 3 is 2.75 bits per heavy atom. The first-order valence-electron chi connectivity index (χ1n) is 6.56. The largest absolute Gasteiger partial charge is 0.396 e. The van der Waals surface area contributed by atoms with Crippen molar-refractivity contribution in [2.45, 2.75) is 38.4 Å². The number of fused-ring (bicyclic) bond motifs is 1. The number of nitrogens with zero attached hydrogens (tertiary/aromatic N) is 2. The third kappa shape index (κ3) is 3.35. The van der Waals surface area contributed by atoms with E-state index in [9.17, 15) is 9.32 Å². The molecule has 1 heterocycles. The van der Waals surface area contributed by atoms with Gasteiger partial charge in [-0.3, -0.25) is 4.98 Å². The molecule has 1 aliphatic rings. The number of hydrogen-bond acceptors (Lipinski definition) is 3. The number of rotatable bonds is 2. The highest BCUT2D eigenvalue weighted by molar-refractivity contribution is 9.10. The highest BCUT2D eigenvalue weighted by atomic mass is 79.9. The summed E-state index contributed by atoms with van der Waals surface area (Å²) < 4.78 is 17.2. The van der Waals surface area contributed by atoms with Crippen LogP contribution in [0.15, 0.2) is 21.3 Å². The maximum absolute atomic E-state index is 12.3. The Bertz CT molecular complexity index is 567. The second-order valence-electron chi connectivity index (χ2n) is 6.00. The molecule has 0 fully saturated rings. The lowest BCUT2D eigenvalue weighted by Gasteiger charge is -2.25. The summed E-state index contributed by atoms with van der Waals surface area (Å²) in [5.74, 6) is 0.122. The van der Waals surface area contributed by atoms with Gasteiger partial charge in [0, 0.05) is 29.0 Å². The van der Waals surface area contributed by atoms with E-state index in [1.54, 1.807) is 12.4 Å². The molecule has 0 spiro atoms. The van der Waals surface area contributed by atoms with Crippen LogP contribution in [0.25, 0.3) is 0 Å². The standard InChI is InChI=1S/C14H19BrN2O2S/c1-14(2,3)20(19)17-13-5-9(8-18)4-10-11(13)6-16-7-12(10)15/h6-7,9,18H,4-5,8H2,1-3H3. The Kier molecular flexibility index (Phi) is 4.76. The van der Waals surface area contributed by atoms with Gasteiger partial charge in [0.05, 0.1) is 10.5 Å². The van der Waals surface area contributed by atoms with E-state index in [4.69, 9.17) is 0 Å². The highest BCUT2D eigenvalue weighted by Gasteiger charge is 2.27. The fourth-order valence-corrected chi connectivity index (χ4v) is 3.26. The molecule has 0 radical (unpaired) electrons. The molecule has 1 aliphatic carbocycles. The predicted molar refractivity (Wildman–Crippen MR) is 85.3 cm³/mol. The van der Waals surface area contributed by atoms with E-state index in [-0.39, 0.29) is 12.5 Å². The molecular formula is C14H19BrN2O2S. The SMILES string of the molecule is CC(C)(C)S(=O)N=C1CC(CO)Cc2c(Br)cncc21. The van der Waals surface area contributed by atoms with Gasteiger partial charge in [-0.15, -0.1) is 0 Å². The molecule has 0 aromatic carbocycles. The summed E-state index contributed by atoms with van der Waals surface area (Å²) in [6.45, 7) is 5.81. The second kappa shape index (κ2) is 6.03. The molecule has 110 valence electrons. The van der Waals surface area contributed by atoms with Gasteiger partial charge in [-0.1, -0.05) is 0 Å². The number of hydrogen-bond donors (Lipinski definition) is 1. The lowest BCUT2D eigenvalue weighted by Crippen LogP contribution is -2.27. The molecule has 0 bridgehead atoms. The summed E-state index contributed by atoms with van der Waals surface area (Å²) in [6.07, 6.45) is 4.95. The number of aromatic nitrogens is 1. The molecule has 1 aromatic rings. The van der Waals surface area contributed by atoms with E-state index >= 15 is 0 Å². The molecule has 0 saturated carbocycles. The lowest BCUT2D eigenvalue weighted by molar-refractivity contribution is 0.228. The molecule has 0 aliphatic heterocycles. The van der Waals surface area contributed by atoms with Crippen LogP contribution in [0.4, 0.5) is 0 Å². The number of pyridine rings is 1. The third-order valence-electron chi connectivity index (χ3n) is 3.27. The van der Waals surface area contributed by atoms with Crippen molar-refractivity contribution in [1.29, 1.82) is 0 Å². The van der Waals surface area contributed by atoms with Crippen LogP contribution in [0.3, 0.4) is 0 Å². The van der Waals surface area contributed by atoms with Crippen molar-refractivity contribution in [2.24, 2.45) is 10.3 Å². The Morgan fingerprint density at radius 1 is 1.45 bits per heavy atom. The zero-order chi connectivity index (χ0) is 14.9. The molecule has 1 aromatic heterocycles. The fraction of sp³-hybridized carbons (Fsp3) is 0.571. The minimum Gasteiger partial charge on any atom is -0.396 e. The first kappa shape index (κ1) is 15.8. The number of halogens is 1. The summed E-state index contributed by atoms with van der Waals surface area (Å²) >= 11 is 3.50. The van der Waals surface area contributed by atoms with Crippen LogP contribution in [-0.4, -0.2) is 31.4 Å². The minimum absolute atomic E-state index is 0.107. The van der Waals surface area contributed by atoms with Crippen molar-refractivity contribution in [2.75, 3.05) is 6.61 Å². The molecule has 1 N–H and O–H groups in total. The van der Waals surface area contributed by atoms with Crippen LogP contribution in [0, 0.1) is 5.92 Å². The third-order valence-corrected chi connectivity index (χ3v) is 5.38. The van der Waals surface area contributed by atoms with Crippen molar-refractivity contribution < 1.29 is 9.32 Å². The molecule has 4 nitrogen and oxygen atoms in total. The van der Waals surface area contributed by atoms with Gasteiger partial charge in [-0.25, -0.2) is 4.21 Å². The topological polar surface area (TPSA) is 62.5 Å². The molecule has 0 saturated heterocycles. The summed E-state index contributed by atoms with van der Waals surface area (Å²) in [5.41, 5.74) is 2.82. The van der Waals surface area contributed by atoms with Gasteiger partial charge in [-0.05, 0) is 61.0 Å². The highest BCUT2D eigenvalue weighted by Crippen LogP contribution is 2.31. The number of aliphatic hydroxyl groups is 1. The molecule has 2 unspecified atom stereocenters. The van der Waals surface area contributed by atoms with Crippen molar-refractivity contribution in [3.8, 4) is 0 Å². The maximum Gasteiger partial charge on any atom is 0.145 e. The van der Waals surface area contributed by atoms with Crippen LogP contribution >= 0.6 is 15.9 Å². The van der Waals surface area contributed by atoms with Crippen LogP contribution in [-0.2, 0) is 17.4 Å². The Labute approximate surface area is 130 Å². The summed E-state index contributed by atoms with van der Waals surface area (Å²) in [7, 11) is -1.30. The molecule has 2 atom stereocenters. The van der Waals surface area contributed by atoms with Crippen molar-refractivity contribution in [3.05, 3.63) is 28.0 Å². The molecular weight excluding hydrogens is 340 g/mol. The van der Waals surface area contributed by atoms with Gasteiger partial charge >= 0.3 is 0 Å². The summed E-state index contributed by atoms with van der Waals surface area (Å²) in [4.78, 5) is 4.18. The minimum atomic E-state index is -1.30. The molecule has 20 heavy (non-hydrogen) atoms. The lowest BCUT2D eigenvalue weighted by atomic mass is 9.84. The normalized spacial score (nSPS) is 22.6. The Hall–Kier alpha value is -0.590. The van der Waals surface area contributed by atoms with Gasteiger partial charge in [0.15, 0.2) is 0 Å². The van der Waals surface area contributed by atoms with Gasteiger partial charge in [0.1, 0.15) is 11.0 Å². The van der Waals surface area contributed by atoms with Gasteiger partial charge in [0.25, 0.3) is 0 Å². The first-order chi connectivity index (χ1) is 9.32. The molecule has 2 rings (SSSR count). The summed E-state index contributed by atoms with van der Waals surface area (Å²) in [5, 5.41) is 9.46. The number of aliphatic hydroxyl groups excluding tert-OH is 1. The van der Waals surface area contributed by atoms with Gasteiger partial charge in [-0.2, -0.15) is 4.40 Å². The van der Waals surface area contributed by atoms with Crippen molar-refractivity contribution in [1.82, 2.24) is 4.98 Å². The quantitative estimate of drug-likeness (QED) is 0.883. The summed E-state index contributed by atoms with van der Waals surface area (Å²) in [6, 6.07) is 0. The fourth-order valence-electron chi connectivity index (χ4n) is 2.11. The van der Waals surface area contributed by atoms with Crippen molar-refractivity contribution >= 4 is 32.6 Å². The van der Waals surface area contributed by atoms with Crippen LogP contribution in [0.2, 0.25) is 0 Å². The van der Waals surface area contributed by atoms with Gasteiger partial charge < -0.3 is 5.11 Å². The van der Waals surface area contributed by atoms with E-state index in [1.165, 1.54) is 0 Å². The predicted octanol–water partition coefficient (Wildman–Crippen LogP) is 2.65. The van der Waals surface area contributed by atoms with Crippen LogP contribution in [0.1, 0.15) is 38.3 Å². The molecule has 0 amide bonds. The first-order valence-corrected chi connectivity index (χ1v) is 8.46. The van der Waals surface area contributed by atoms with E-state index in [0.29, 0.717) is 6.42 Å². The van der Waals surface area contributed by atoms with E-state index in [2.05, 4.69) is 25.3 Å². The Morgan fingerprint density at radius 2 is 2.15 bits per heavy atom. The smallest absolute Gasteiger partial charge is 0.145 e. The molecule has 6 heteroatoms. The van der Waals surface area contributed by atoms with E-state index in [1.807, 2.05) is 20.8 Å². The zero-order valence-corrected chi connectivity index (χ0v) is 14.3. The average molecular weight is 359 g/mol. The maximum atomic E-state index is 12.3. The van der Waals surface area contributed by atoms with Crippen molar-refractivity contribution in [3.63, 3.8) is 0 Å². The van der Waals surface area contributed by atoms with E-state index < -0.39 is 15.7 Å². The average Bonchev–Trinajstić information content (AvgIpc) is 2.38. The van der Waals surface area contributed by atoms with Crippen LogP contribution in [0.5, 0.6) is 0 Å². The monoisotopic (exact) mass is 358 g/mol. The van der Waals surface area contributed by atoms with Crippen LogP contribution < -0.4 is 0 Å².